The third-order valence-electron chi connectivity index (χ3n) is 3.26. The average Bonchev–Trinajstić information content (AvgIpc) is 2.71. The Morgan fingerprint density at radius 3 is 2.71 bits per heavy atom. The molecule has 0 radical (unpaired) electrons. The summed E-state index contributed by atoms with van der Waals surface area (Å²) in [6.45, 7) is 6.86. The Bertz CT molecular complexity index is 680. The summed E-state index contributed by atoms with van der Waals surface area (Å²) >= 11 is 3.52. The van der Waals surface area contributed by atoms with Gasteiger partial charge in [0.05, 0.1) is 21.4 Å². The predicted octanol–water partition coefficient (Wildman–Crippen LogP) is 3.56. The van der Waals surface area contributed by atoms with Crippen molar-refractivity contribution >= 4 is 21.9 Å². The topological polar surface area (TPSA) is 64.4 Å². The predicted molar refractivity (Wildman–Crippen MR) is 82.8 cm³/mol. The molecule has 0 saturated heterocycles. The molecule has 0 aliphatic carbocycles. The number of ether oxygens (including phenoxy) is 1. The molecule has 2 aromatic rings. The first-order valence-corrected chi connectivity index (χ1v) is 7.41. The molecule has 0 bridgehead atoms. The SMILES string of the molecule is CCn1nc(C)c(Br)c1COc1ccc(C(=O)O)c(C)c1. The highest BCUT2D eigenvalue weighted by molar-refractivity contribution is 9.10. The van der Waals surface area contributed by atoms with Gasteiger partial charge in [0, 0.05) is 6.54 Å². The number of hydrogen-bond acceptors (Lipinski definition) is 3. The third-order valence-corrected chi connectivity index (χ3v) is 4.29. The van der Waals surface area contributed by atoms with Crippen LogP contribution in [0.3, 0.4) is 0 Å². The van der Waals surface area contributed by atoms with Crippen molar-refractivity contribution in [2.75, 3.05) is 0 Å². The van der Waals surface area contributed by atoms with Gasteiger partial charge in [-0.1, -0.05) is 0 Å². The highest BCUT2D eigenvalue weighted by Gasteiger charge is 2.13. The molecule has 21 heavy (non-hydrogen) atoms. The average molecular weight is 353 g/mol. The van der Waals surface area contributed by atoms with E-state index in [9.17, 15) is 4.79 Å². The van der Waals surface area contributed by atoms with Crippen molar-refractivity contribution < 1.29 is 14.6 Å². The van der Waals surface area contributed by atoms with Crippen LogP contribution in [0.15, 0.2) is 22.7 Å². The molecule has 6 heteroatoms. The number of halogens is 1. The number of rotatable bonds is 5. The summed E-state index contributed by atoms with van der Waals surface area (Å²) < 4.78 is 8.59. The number of carboxylic acids is 1. The van der Waals surface area contributed by atoms with E-state index < -0.39 is 5.97 Å². The smallest absolute Gasteiger partial charge is 0.335 e. The van der Waals surface area contributed by atoms with Crippen molar-refractivity contribution in [3.8, 4) is 5.75 Å². The van der Waals surface area contributed by atoms with E-state index >= 15 is 0 Å². The first-order chi connectivity index (χ1) is 9.93. The summed E-state index contributed by atoms with van der Waals surface area (Å²) in [5, 5.41) is 13.4. The van der Waals surface area contributed by atoms with E-state index in [2.05, 4.69) is 21.0 Å². The molecule has 1 N–H and O–H groups in total. The largest absolute Gasteiger partial charge is 0.487 e. The number of nitrogens with zero attached hydrogens (tertiary/aromatic N) is 2. The van der Waals surface area contributed by atoms with Crippen molar-refractivity contribution in [3.05, 3.63) is 45.2 Å². The van der Waals surface area contributed by atoms with Crippen LogP contribution in [-0.4, -0.2) is 20.9 Å². The van der Waals surface area contributed by atoms with E-state index in [1.807, 2.05) is 18.5 Å². The number of aromatic carboxylic acids is 1. The van der Waals surface area contributed by atoms with Crippen molar-refractivity contribution in [1.82, 2.24) is 9.78 Å². The molecule has 0 spiro atoms. The van der Waals surface area contributed by atoms with Gasteiger partial charge in [-0.3, -0.25) is 4.68 Å². The molecule has 0 saturated carbocycles. The summed E-state index contributed by atoms with van der Waals surface area (Å²) in [6.07, 6.45) is 0. The Kier molecular flexibility index (Phi) is 4.67. The molecule has 2 rings (SSSR count). The van der Waals surface area contributed by atoms with Gasteiger partial charge in [0.2, 0.25) is 0 Å². The van der Waals surface area contributed by atoms with Crippen molar-refractivity contribution in [2.45, 2.75) is 33.9 Å². The molecule has 0 atom stereocenters. The lowest BCUT2D eigenvalue weighted by atomic mass is 10.1. The van der Waals surface area contributed by atoms with Crippen LogP contribution in [0.1, 0.15) is 34.2 Å². The maximum absolute atomic E-state index is 11.0. The van der Waals surface area contributed by atoms with Gasteiger partial charge in [-0.2, -0.15) is 5.10 Å². The molecule has 1 aromatic heterocycles. The van der Waals surface area contributed by atoms with Gasteiger partial charge in [-0.15, -0.1) is 0 Å². The van der Waals surface area contributed by atoms with Gasteiger partial charge >= 0.3 is 5.97 Å². The van der Waals surface area contributed by atoms with E-state index in [0.29, 0.717) is 17.9 Å². The second kappa shape index (κ2) is 6.30. The lowest BCUT2D eigenvalue weighted by Gasteiger charge is -2.10. The Hall–Kier alpha value is -1.82. The molecule has 0 fully saturated rings. The second-order valence-electron chi connectivity index (χ2n) is 4.73. The van der Waals surface area contributed by atoms with Crippen molar-refractivity contribution in [1.29, 1.82) is 0 Å². The molecule has 0 amide bonds. The number of carboxylic acid groups (broad SMARTS) is 1. The van der Waals surface area contributed by atoms with Gasteiger partial charge in [-0.05, 0) is 60.5 Å². The van der Waals surface area contributed by atoms with Crippen LogP contribution < -0.4 is 4.74 Å². The maximum Gasteiger partial charge on any atom is 0.335 e. The number of aryl methyl sites for hydroxylation is 3. The highest BCUT2D eigenvalue weighted by Crippen LogP contribution is 2.24. The van der Waals surface area contributed by atoms with E-state index in [1.54, 1.807) is 25.1 Å². The van der Waals surface area contributed by atoms with Crippen LogP contribution in [0.5, 0.6) is 5.75 Å². The fourth-order valence-electron chi connectivity index (χ4n) is 2.12. The maximum atomic E-state index is 11.0. The molecule has 112 valence electrons. The van der Waals surface area contributed by atoms with Gasteiger partial charge < -0.3 is 9.84 Å². The Balaban J connectivity index is 2.17. The minimum Gasteiger partial charge on any atom is -0.487 e. The van der Waals surface area contributed by atoms with Crippen LogP contribution in [0.25, 0.3) is 0 Å². The van der Waals surface area contributed by atoms with Crippen LogP contribution in [0.4, 0.5) is 0 Å². The minimum atomic E-state index is -0.929. The third kappa shape index (κ3) is 3.26. The zero-order valence-electron chi connectivity index (χ0n) is 12.2. The van der Waals surface area contributed by atoms with Crippen LogP contribution in [-0.2, 0) is 13.2 Å². The molecule has 0 aliphatic rings. The van der Waals surface area contributed by atoms with E-state index in [-0.39, 0.29) is 5.56 Å². The van der Waals surface area contributed by atoms with E-state index in [1.165, 1.54) is 0 Å². The fourth-order valence-corrected chi connectivity index (χ4v) is 2.52. The summed E-state index contributed by atoms with van der Waals surface area (Å²) in [6, 6.07) is 4.96. The zero-order valence-corrected chi connectivity index (χ0v) is 13.8. The fraction of sp³-hybridized carbons (Fsp3) is 0.333. The lowest BCUT2D eigenvalue weighted by molar-refractivity contribution is 0.0696. The number of carbonyl (C=O) groups is 1. The second-order valence-corrected chi connectivity index (χ2v) is 5.53. The van der Waals surface area contributed by atoms with Gasteiger partial charge in [0.15, 0.2) is 0 Å². The monoisotopic (exact) mass is 352 g/mol. The van der Waals surface area contributed by atoms with Gasteiger partial charge in [0.25, 0.3) is 0 Å². The summed E-state index contributed by atoms with van der Waals surface area (Å²) in [7, 11) is 0. The zero-order chi connectivity index (χ0) is 15.6. The number of benzene rings is 1. The Labute approximate surface area is 131 Å². The molecule has 0 aliphatic heterocycles. The summed E-state index contributed by atoms with van der Waals surface area (Å²) in [5.41, 5.74) is 2.86. The quantitative estimate of drug-likeness (QED) is 0.893. The van der Waals surface area contributed by atoms with Gasteiger partial charge in [0.1, 0.15) is 12.4 Å². The van der Waals surface area contributed by atoms with Crippen molar-refractivity contribution in [3.63, 3.8) is 0 Å². The van der Waals surface area contributed by atoms with Gasteiger partial charge in [-0.25, -0.2) is 4.79 Å². The molecule has 5 nitrogen and oxygen atoms in total. The minimum absolute atomic E-state index is 0.290. The van der Waals surface area contributed by atoms with E-state index in [0.717, 1.165) is 22.4 Å². The first-order valence-electron chi connectivity index (χ1n) is 6.62. The Morgan fingerprint density at radius 2 is 2.14 bits per heavy atom. The van der Waals surface area contributed by atoms with Crippen LogP contribution in [0, 0.1) is 13.8 Å². The first kappa shape index (κ1) is 15.6. The highest BCUT2D eigenvalue weighted by atomic mass is 79.9. The summed E-state index contributed by atoms with van der Waals surface area (Å²) in [4.78, 5) is 11.0. The Morgan fingerprint density at radius 1 is 1.43 bits per heavy atom. The standard InChI is InChI=1S/C15H17BrN2O3/c1-4-18-13(14(16)10(3)17-18)8-21-11-5-6-12(15(19)20)9(2)7-11/h5-7H,4,8H2,1-3H3,(H,19,20). The number of aromatic nitrogens is 2. The molecule has 1 aromatic carbocycles. The van der Waals surface area contributed by atoms with Crippen LogP contribution >= 0.6 is 15.9 Å². The normalized spacial score (nSPS) is 10.7. The molecule has 0 unspecified atom stereocenters. The number of hydrogen-bond donors (Lipinski definition) is 1. The van der Waals surface area contributed by atoms with Crippen LogP contribution in [0.2, 0.25) is 0 Å². The van der Waals surface area contributed by atoms with Crippen molar-refractivity contribution in [2.24, 2.45) is 0 Å². The van der Waals surface area contributed by atoms with E-state index in [4.69, 9.17) is 9.84 Å². The lowest BCUT2D eigenvalue weighted by Crippen LogP contribution is -2.07. The molecular weight excluding hydrogens is 336 g/mol. The summed E-state index contributed by atoms with van der Waals surface area (Å²) in [5.74, 6) is -0.285. The molecular formula is C15H17BrN2O3. The molecule has 1 heterocycles.